The van der Waals surface area contributed by atoms with Gasteiger partial charge in [-0.3, -0.25) is 4.79 Å². The number of hydrogen-bond acceptors (Lipinski definition) is 3. The van der Waals surface area contributed by atoms with Crippen molar-refractivity contribution in [2.45, 2.75) is 45.2 Å². The van der Waals surface area contributed by atoms with Crippen LogP contribution in [0.25, 0.3) is 5.69 Å². The molecule has 0 bridgehead atoms. The highest BCUT2D eigenvalue weighted by Gasteiger charge is 2.58. The quantitative estimate of drug-likeness (QED) is 0.339. The van der Waals surface area contributed by atoms with Crippen molar-refractivity contribution in [1.29, 1.82) is 0 Å². The van der Waals surface area contributed by atoms with Gasteiger partial charge in [0.1, 0.15) is 5.82 Å². The number of rotatable bonds is 2. The standard InChI is InChI=1S/C25H26F4N2O2/c1-24-12-14-13-30-31(17-6-4-16(26)5-7-17)21(14)11-15(24)3-8-18-19(24)9-10-20(25(27,28)29)22(18)23(32)33-2/h4-7,9,13,15,18,20,22H,3,8,10-12H2,1-2H3/t15-,18+,20-,22-,24+/m1/s1. The Morgan fingerprint density at radius 1 is 1.21 bits per heavy atom. The maximum Gasteiger partial charge on any atom is 0.392 e. The number of halogens is 4. The molecule has 3 aliphatic rings. The van der Waals surface area contributed by atoms with E-state index in [9.17, 15) is 22.4 Å². The number of nitrogens with zero attached hydrogens (tertiary/aromatic N) is 2. The lowest BCUT2D eigenvalue weighted by Gasteiger charge is -2.53. The van der Waals surface area contributed by atoms with E-state index in [-0.39, 0.29) is 23.6 Å². The van der Waals surface area contributed by atoms with Crippen LogP contribution in [0, 0.1) is 34.9 Å². The predicted octanol–water partition coefficient (Wildman–Crippen LogP) is 5.44. The Bertz CT molecular complexity index is 1100. The second-order valence-corrected chi connectivity index (χ2v) is 9.78. The molecular formula is C25H26F4N2O2. The zero-order valence-electron chi connectivity index (χ0n) is 18.5. The van der Waals surface area contributed by atoms with Crippen molar-refractivity contribution in [2.75, 3.05) is 7.11 Å². The number of carbonyl (C=O) groups excluding carboxylic acids is 1. The normalized spacial score (nSPS) is 31.2. The SMILES string of the molecule is COC(=O)[C@H]1[C@H](C(F)(F)F)CC=C2[C@@H]1CC[C@@H]1Cc3c(cnn3-c3ccc(F)cc3)C[C@]21C. The van der Waals surface area contributed by atoms with Gasteiger partial charge in [0, 0.05) is 5.69 Å². The van der Waals surface area contributed by atoms with Crippen LogP contribution in [0.2, 0.25) is 0 Å². The molecule has 5 atom stereocenters. The van der Waals surface area contributed by atoms with Gasteiger partial charge in [-0.15, -0.1) is 0 Å². The first-order valence-electron chi connectivity index (χ1n) is 11.3. The summed E-state index contributed by atoms with van der Waals surface area (Å²) in [4.78, 5) is 12.5. The van der Waals surface area contributed by atoms with E-state index >= 15 is 0 Å². The summed E-state index contributed by atoms with van der Waals surface area (Å²) in [6.45, 7) is 2.12. The summed E-state index contributed by atoms with van der Waals surface area (Å²) in [5, 5.41) is 4.54. The lowest BCUT2D eigenvalue weighted by atomic mass is 9.51. The molecule has 2 aromatic rings. The number of allylic oxidation sites excluding steroid dienone is 2. The summed E-state index contributed by atoms with van der Waals surface area (Å²) in [5.74, 6) is -4.23. The topological polar surface area (TPSA) is 44.1 Å². The Kier molecular flexibility index (Phi) is 5.18. The van der Waals surface area contributed by atoms with Crippen molar-refractivity contribution < 1.29 is 27.1 Å². The molecule has 0 amide bonds. The minimum atomic E-state index is -4.45. The number of ether oxygens (including phenoxy) is 1. The summed E-state index contributed by atoms with van der Waals surface area (Å²) in [6, 6.07) is 6.18. The molecule has 5 rings (SSSR count). The van der Waals surface area contributed by atoms with Crippen LogP contribution >= 0.6 is 0 Å². The average Bonchev–Trinajstić information content (AvgIpc) is 3.18. The monoisotopic (exact) mass is 462 g/mol. The Balaban J connectivity index is 1.51. The second kappa shape index (κ2) is 7.71. The maximum atomic E-state index is 13.8. The molecule has 3 aliphatic carbocycles. The summed E-state index contributed by atoms with van der Waals surface area (Å²) >= 11 is 0. The van der Waals surface area contributed by atoms with Crippen LogP contribution in [0.1, 0.15) is 37.4 Å². The molecular weight excluding hydrogens is 436 g/mol. The summed E-state index contributed by atoms with van der Waals surface area (Å²) in [5.41, 5.74) is 3.53. The Morgan fingerprint density at radius 2 is 1.94 bits per heavy atom. The van der Waals surface area contributed by atoms with Gasteiger partial charge in [-0.05, 0) is 79.2 Å². The second-order valence-electron chi connectivity index (χ2n) is 9.78. The van der Waals surface area contributed by atoms with Crippen molar-refractivity contribution in [1.82, 2.24) is 9.78 Å². The Morgan fingerprint density at radius 3 is 2.61 bits per heavy atom. The minimum Gasteiger partial charge on any atom is -0.469 e. The third-order valence-corrected chi connectivity index (χ3v) is 8.16. The molecule has 1 saturated carbocycles. The van der Waals surface area contributed by atoms with Gasteiger partial charge < -0.3 is 4.74 Å². The highest BCUT2D eigenvalue weighted by molar-refractivity contribution is 5.74. The van der Waals surface area contributed by atoms with Gasteiger partial charge in [0.15, 0.2) is 0 Å². The Labute approximate surface area is 189 Å². The number of fused-ring (bicyclic) bond motifs is 4. The molecule has 0 aliphatic heterocycles. The average molecular weight is 462 g/mol. The molecule has 1 aromatic carbocycles. The van der Waals surface area contributed by atoms with E-state index in [1.54, 1.807) is 18.2 Å². The molecule has 8 heteroatoms. The van der Waals surface area contributed by atoms with Crippen LogP contribution in [-0.2, 0) is 22.4 Å². The fourth-order valence-corrected chi connectivity index (χ4v) is 6.53. The highest BCUT2D eigenvalue weighted by Crippen LogP contribution is 2.59. The number of hydrogen-bond donors (Lipinski definition) is 0. The van der Waals surface area contributed by atoms with E-state index in [0.29, 0.717) is 12.8 Å². The third-order valence-electron chi connectivity index (χ3n) is 8.16. The van der Waals surface area contributed by atoms with Crippen LogP contribution in [0.3, 0.4) is 0 Å². The zero-order chi connectivity index (χ0) is 23.5. The molecule has 0 radical (unpaired) electrons. The van der Waals surface area contributed by atoms with Crippen LogP contribution in [0.5, 0.6) is 0 Å². The van der Waals surface area contributed by atoms with Crippen molar-refractivity contribution in [2.24, 2.45) is 29.1 Å². The predicted molar refractivity (Wildman–Crippen MR) is 113 cm³/mol. The maximum absolute atomic E-state index is 13.8. The van der Waals surface area contributed by atoms with Gasteiger partial charge in [-0.2, -0.15) is 18.3 Å². The molecule has 0 unspecified atom stereocenters. The fraction of sp³-hybridized carbons (Fsp3) is 0.520. The fourth-order valence-electron chi connectivity index (χ4n) is 6.53. The first-order chi connectivity index (χ1) is 15.6. The van der Waals surface area contributed by atoms with Gasteiger partial charge in [0.05, 0.1) is 30.8 Å². The number of benzene rings is 1. The van der Waals surface area contributed by atoms with Crippen molar-refractivity contribution >= 4 is 5.97 Å². The molecule has 1 fully saturated rings. The summed E-state index contributed by atoms with van der Waals surface area (Å²) in [7, 11) is 1.16. The molecule has 0 N–H and O–H groups in total. The lowest BCUT2D eigenvalue weighted by Crippen LogP contribution is -2.50. The first-order valence-corrected chi connectivity index (χ1v) is 11.3. The highest BCUT2D eigenvalue weighted by atomic mass is 19.4. The van der Waals surface area contributed by atoms with E-state index in [1.807, 2.05) is 10.9 Å². The van der Waals surface area contributed by atoms with Crippen LogP contribution in [0.4, 0.5) is 17.6 Å². The first kappa shape index (κ1) is 22.2. The van der Waals surface area contributed by atoms with Gasteiger partial charge in [-0.25, -0.2) is 9.07 Å². The van der Waals surface area contributed by atoms with Crippen LogP contribution < -0.4 is 0 Å². The smallest absolute Gasteiger partial charge is 0.392 e. The lowest BCUT2D eigenvalue weighted by molar-refractivity contribution is -0.204. The number of methoxy groups -OCH3 is 1. The summed E-state index contributed by atoms with van der Waals surface area (Å²) in [6.07, 6.45) is 1.56. The van der Waals surface area contributed by atoms with Crippen molar-refractivity contribution in [3.63, 3.8) is 0 Å². The van der Waals surface area contributed by atoms with E-state index < -0.39 is 29.9 Å². The van der Waals surface area contributed by atoms with Gasteiger partial charge >= 0.3 is 12.1 Å². The Hall–Kier alpha value is -2.64. The number of esters is 1. The van der Waals surface area contributed by atoms with E-state index in [0.717, 1.165) is 42.5 Å². The van der Waals surface area contributed by atoms with Crippen molar-refractivity contribution in [3.8, 4) is 5.69 Å². The third kappa shape index (κ3) is 3.49. The number of carbonyl (C=O) groups is 1. The zero-order valence-corrected chi connectivity index (χ0v) is 18.5. The molecule has 1 heterocycles. The van der Waals surface area contributed by atoms with Gasteiger partial charge in [0.2, 0.25) is 0 Å². The molecule has 0 spiro atoms. The molecule has 1 aromatic heterocycles. The van der Waals surface area contributed by atoms with E-state index in [4.69, 9.17) is 4.74 Å². The van der Waals surface area contributed by atoms with Gasteiger partial charge in [0.25, 0.3) is 0 Å². The number of aromatic nitrogens is 2. The molecule has 4 nitrogen and oxygen atoms in total. The van der Waals surface area contributed by atoms with Crippen LogP contribution in [-0.4, -0.2) is 29.0 Å². The molecule has 0 saturated heterocycles. The molecule has 176 valence electrons. The minimum absolute atomic E-state index is 0.195. The van der Waals surface area contributed by atoms with Gasteiger partial charge in [-0.1, -0.05) is 18.6 Å². The van der Waals surface area contributed by atoms with Crippen LogP contribution in [0.15, 0.2) is 42.1 Å². The number of alkyl halides is 3. The van der Waals surface area contributed by atoms with E-state index in [2.05, 4.69) is 12.0 Å². The summed E-state index contributed by atoms with van der Waals surface area (Å²) < 4.78 is 61.4. The molecule has 33 heavy (non-hydrogen) atoms. The van der Waals surface area contributed by atoms with Crippen molar-refractivity contribution in [3.05, 3.63) is 59.2 Å². The largest absolute Gasteiger partial charge is 0.469 e. The van der Waals surface area contributed by atoms with E-state index in [1.165, 1.54) is 12.1 Å².